The quantitative estimate of drug-likeness (QED) is 0.402. The highest BCUT2D eigenvalue weighted by Crippen LogP contribution is 2.48. The molecule has 6 nitrogen and oxygen atoms in total. The molecule has 108 valence electrons. The molecule has 2 aliphatic rings. The van der Waals surface area contributed by atoms with E-state index in [1.807, 2.05) is 0 Å². The average Bonchev–Trinajstić information content (AvgIpc) is 2.88. The maximum absolute atomic E-state index is 11.7. The lowest BCUT2D eigenvalue weighted by atomic mass is 9.75. The molecule has 0 aromatic rings. The van der Waals surface area contributed by atoms with Gasteiger partial charge in [-0.25, -0.2) is 0 Å². The molecule has 0 bridgehead atoms. The van der Waals surface area contributed by atoms with Crippen LogP contribution in [-0.2, 0) is 4.79 Å². The van der Waals surface area contributed by atoms with Crippen molar-refractivity contribution in [3.8, 4) is 0 Å². The van der Waals surface area contributed by atoms with Gasteiger partial charge in [-0.2, -0.15) is 0 Å². The van der Waals surface area contributed by atoms with Gasteiger partial charge < -0.3 is 25.8 Å². The topological polar surface area (TPSA) is 102 Å². The molecule has 0 spiro atoms. The van der Waals surface area contributed by atoms with E-state index in [-0.39, 0.29) is 5.92 Å². The molecular formula is C12H23BN2O4. The van der Waals surface area contributed by atoms with E-state index < -0.39 is 18.6 Å². The van der Waals surface area contributed by atoms with E-state index in [2.05, 4.69) is 10.6 Å². The summed E-state index contributed by atoms with van der Waals surface area (Å²) in [5.74, 6) is 0.0553. The van der Waals surface area contributed by atoms with Gasteiger partial charge in [-0.15, -0.1) is 0 Å². The molecule has 5 N–H and O–H groups in total. The minimum absolute atomic E-state index is 0.0498. The summed E-state index contributed by atoms with van der Waals surface area (Å²) in [5.41, 5.74) is -0.849. The predicted octanol–water partition coefficient (Wildman–Crippen LogP) is -0.862. The van der Waals surface area contributed by atoms with Crippen molar-refractivity contribution in [2.24, 2.45) is 17.8 Å². The van der Waals surface area contributed by atoms with Gasteiger partial charge in [0.1, 0.15) is 5.54 Å². The molecule has 0 aromatic carbocycles. The van der Waals surface area contributed by atoms with Gasteiger partial charge >= 0.3 is 13.1 Å². The summed E-state index contributed by atoms with van der Waals surface area (Å²) in [6.07, 6.45) is 2.32. The zero-order valence-corrected chi connectivity index (χ0v) is 11.3. The molecule has 4 atom stereocenters. The van der Waals surface area contributed by atoms with Crippen LogP contribution in [0.15, 0.2) is 0 Å². The molecule has 1 aliphatic heterocycles. The van der Waals surface area contributed by atoms with Crippen molar-refractivity contribution in [1.82, 2.24) is 10.6 Å². The lowest BCUT2D eigenvalue weighted by molar-refractivity contribution is -0.147. The Morgan fingerprint density at radius 3 is 2.79 bits per heavy atom. The van der Waals surface area contributed by atoms with Crippen LogP contribution in [0.25, 0.3) is 0 Å². The Bertz CT molecular complexity index is 342. The maximum Gasteiger partial charge on any atom is 0.451 e. The molecule has 0 amide bonds. The standard InChI is InChI=1S/C12H23BN2O4/c1-14-12(11(16)17)5-8-6-15-7-9(8)10(12)3-2-4-13(18)19/h8-10,14-15,18-19H,2-7H2,1H3,(H,16,17)/t8-,9+,10-,12-/m0/s1. The van der Waals surface area contributed by atoms with Crippen molar-refractivity contribution < 1.29 is 19.9 Å². The number of hydrogen-bond acceptors (Lipinski definition) is 5. The van der Waals surface area contributed by atoms with Crippen molar-refractivity contribution in [3.63, 3.8) is 0 Å². The lowest BCUT2D eigenvalue weighted by Gasteiger charge is -2.33. The van der Waals surface area contributed by atoms with Gasteiger partial charge in [0.2, 0.25) is 0 Å². The van der Waals surface area contributed by atoms with Gasteiger partial charge in [0.05, 0.1) is 0 Å². The first-order valence-corrected chi connectivity index (χ1v) is 7.00. The first-order chi connectivity index (χ1) is 9.01. The van der Waals surface area contributed by atoms with E-state index in [1.165, 1.54) is 0 Å². The van der Waals surface area contributed by atoms with E-state index in [1.54, 1.807) is 7.05 Å². The zero-order valence-electron chi connectivity index (χ0n) is 11.3. The molecule has 1 saturated carbocycles. The Labute approximate surface area is 113 Å². The number of carboxylic acid groups (broad SMARTS) is 1. The summed E-state index contributed by atoms with van der Waals surface area (Å²) < 4.78 is 0. The van der Waals surface area contributed by atoms with Gasteiger partial charge in [-0.3, -0.25) is 4.79 Å². The number of nitrogens with one attached hydrogen (secondary N) is 2. The van der Waals surface area contributed by atoms with Crippen molar-refractivity contribution in [3.05, 3.63) is 0 Å². The SMILES string of the molecule is CN[C@@]1(C(=O)O)C[C@H]2CNC[C@H]2[C@@H]1CCCB(O)O. The molecule has 1 saturated heterocycles. The second-order valence-corrected chi connectivity index (χ2v) is 5.83. The van der Waals surface area contributed by atoms with Crippen LogP contribution >= 0.6 is 0 Å². The molecule has 0 aromatic heterocycles. The van der Waals surface area contributed by atoms with E-state index in [0.717, 1.165) is 13.1 Å². The first kappa shape index (κ1) is 14.8. The second-order valence-electron chi connectivity index (χ2n) is 5.83. The fraction of sp³-hybridized carbons (Fsp3) is 0.917. The summed E-state index contributed by atoms with van der Waals surface area (Å²) in [6.45, 7) is 1.76. The van der Waals surface area contributed by atoms with Gasteiger partial charge in [0.25, 0.3) is 0 Å². The Morgan fingerprint density at radius 1 is 1.47 bits per heavy atom. The molecule has 19 heavy (non-hydrogen) atoms. The summed E-state index contributed by atoms with van der Waals surface area (Å²) >= 11 is 0. The third kappa shape index (κ3) is 2.65. The van der Waals surface area contributed by atoms with Crippen LogP contribution in [0.2, 0.25) is 6.32 Å². The minimum atomic E-state index is -1.30. The van der Waals surface area contributed by atoms with E-state index in [9.17, 15) is 9.90 Å². The molecule has 7 heteroatoms. The van der Waals surface area contributed by atoms with Crippen molar-refractivity contribution in [1.29, 1.82) is 0 Å². The summed E-state index contributed by atoms with van der Waals surface area (Å²) in [4.78, 5) is 11.7. The van der Waals surface area contributed by atoms with Crippen molar-refractivity contribution in [2.45, 2.75) is 31.1 Å². The fourth-order valence-corrected chi connectivity index (χ4v) is 4.00. The van der Waals surface area contributed by atoms with Crippen LogP contribution in [0.3, 0.4) is 0 Å². The number of rotatable bonds is 6. The Kier molecular flexibility index (Phi) is 4.50. The summed E-state index contributed by atoms with van der Waals surface area (Å²) in [5, 5.41) is 33.8. The molecular weight excluding hydrogens is 247 g/mol. The molecule has 1 heterocycles. The highest BCUT2D eigenvalue weighted by atomic mass is 16.4. The highest BCUT2D eigenvalue weighted by Gasteiger charge is 2.57. The summed E-state index contributed by atoms with van der Waals surface area (Å²) in [7, 11) is 0.420. The maximum atomic E-state index is 11.7. The monoisotopic (exact) mass is 270 g/mol. The van der Waals surface area contributed by atoms with Gasteiger partial charge in [0.15, 0.2) is 0 Å². The number of likely N-dealkylation sites (N-methyl/N-ethyl adjacent to an activating group) is 1. The molecule has 0 radical (unpaired) electrons. The van der Waals surface area contributed by atoms with Gasteiger partial charge in [-0.05, 0) is 57.1 Å². The number of hydrogen-bond donors (Lipinski definition) is 5. The Balaban J connectivity index is 2.10. The smallest absolute Gasteiger partial charge is 0.451 e. The average molecular weight is 270 g/mol. The Hall–Kier alpha value is -0.625. The number of carbonyl (C=O) groups is 1. The third-order valence-corrected chi connectivity index (χ3v) is 4.93. The number of aliphatic carboxylic acids is 1. The molecule has 2 fully saturated rings. The number of fused-ring (bicyclic) bond motifs is 1. The van der Waals surface area contributed by atoms with Crippen LogP contribution in [0.4, 0.5) is 0 Å². The first-order valence-electron chi connectivity index (χ1n) is 7.00. The predicted molar refractivity (Wildman–Crippen MR) is 71.6 cm³/mol. The van der Waals surface area contributed by atoms with Crippen LogP contribution in [0.1, 0.15) is 19.3 Å². The van der Waals surface area contributed by atoms with Crippen LogP contribution in [0, 0.1) is 17.8 Å². The number of carboxylic acids is 1. The third-order valence-electron chi connectivity index (χ3n) is 4.93. The largest absolute Gasteiger partial charge is 0.480 e. The van der Waals surface area contributed by atoms with Crippen LogP contribution in [-0.4, -0.2) is 53.9 Å². The van der Waals surface area contributed by atoms with Crippen LogP contribution in [0.5, 0.6) is 0 Å². The highest BCUT2D eigenvalue weighted by molar-refractivity contribution is 6.40. The van der Waals surface area contributed by atoms with E-state index in [4.69, 9.17) is 10.0 Å². The van der Waals surface area contributed by atoms with Crippen molar-refractivity contribution in [2.75, 3.05) is 20.1 Å². The minimum Gasteiger partial charge on any atom is -0.480 e. The molecule has 0 unspecified atom stereocenters. The molecule has 2 rings (SSSR count). The van der Waals surface area contributed by atoms with Crippen molar-refractivity contribution >= 4 is 13.1 Å². The fourth-order valence-electron chi connectivity index (χ4n) is 4.00. The molecule has 1 aliphatic carbocycles. The van der Waals surface area contributed by atoms with E-state index in [0.29, 0.717) is 37.4 Å². The zero-order chi connectivity index (χ0) is 14.0. The lowest BCUT2D eigenvalue weighted by Crippen LogP contribution is -2.55. The normalized spacial score (nSPS) is 37.3. The van der Waals surface area contributed by atoms with Crippen LogP contribution < -0.4 is 10.6 Å². The van der Waals surface area contributed by atoms with Gasteiger partial charge in [0, 0.05) is 0 Å². The summed E-state index contributed by atoms with van der Waals surface area (Å²) in [6, 6.07) is 0. The van der Waals surface area contributed by atoms with Gasteiger partial charge in [-0.1, -0.05) is 6.42 Å². The second kappa shape index (κ2) is 5.79. The Morgan fingerprint density at radius 2 is 2.21 bits per heavy atom. The van der Waals surface area contributed by atoms with E-state index >= 15 is 0 Å².